The molecular weight excluding hydrogens is 191 g/mol. The van der Waals surface area contributed by atoms with Crippen LogP contribution in [-0.2, 0) is 0 Å². The molecule has 0 amide bonds. The van der Waals surface area contributed by atoms with Crippen LogP contribution in [0.15, 0.2) is 16.8 Å². The van der Waals surface area contributed by atoms with Crippen LogP contribution in [0.2, 0.25) is 0 Å². The third-order valence-corrected chi connectivity index (χ3v) is 2.11. The van der Waals surface area contributed by atoms with E-state index in [1.807, 2.05) is 0 Å². The van der Waals surface area contributed by atoms with Gasteiger partial charge in [0.25, 0.3) is 0 Å². The first-order chi connectivity index (χ1) is 5.41. The van der Waals surface area contributed by atoms with Gasteiger partial charge < -0.3 is 0 Å². The lowest BCUT2D eigenvalue weighted by Crippen LogP contribution is -2.22. The first-order valence-corrected chi connectivity index (χ1v) is 3.79. The molecule has 5 heteroatoms. The van der Waals surface area contributed by atoms with E-state index < -0.39 is 17.1 Å². The number of rotatable bonds is 0. The molecule has 1 aliphatic rings. The molecule has 0 bridgehead atoms. The van der Waals surface area contributed by atoms with Crippen molar-refractivity contribution in [3.63, 3.8) is 0 Å². The van der Waals surface area contributed by atoms with Gasteiger partial charge in [-0.1, -0.05) is 0 Å². The van der Waals surface area contributed by atoms with Crippen molar-refractivity contribution in [2.75, 3.05) is 0 Å². The number of aliphatic imine (C=N–C) groups is 1. The van der Waals surface area contributed by atoms with Gasteiger partial charge in [0, 0.05) is 18.3 Å². The fourth-order valence-corrected chi connectivity index (χ4v) is 1.07. The van der Waals surface area contributed by atoms with Gasteiger partial charge in [0.05, 0.1) is 11.0 Å². The van der Waals surface area contributed by atoms with Crippen LogP contribution in [0.4, 0.5) is 13.2 Å². The molecule has 1 rings (SSSR count). The van der Waals surface area contributed by atoms with E-state index in [2.05, 4.69) is 4.99 Å². The lowest BCUT2D eigenvalue weighted by atomic mass is 10.1. The summed E-state index contributed by atoms with van der Waals surface area (Å²) in [5.41, 5.74) is -0.127. The van der Waals surface area contributed by atoms with E-state index in [9.17, 15) is 13.2 Å². The van der Waals surface area contributed by atoms with E-state index in [4.69, 9.17) is 11.6 Å². The van der Waals surface area contributed by atoms with Gasteiger partial charge in [0.15, 0.2) is 0 Å². The van der Waals surface area contributed by atoms with Crippen molar-refractivity contribution >= 4 is 17.3 Å². The molecule has 0 aromatic carbocycles. The van der Waals surface area contributed by atoms with Crippen molar-refractivity contribution in [2.45, 2.75) is 24.9 Å². The zero-order chi connectivity index (χ0) is 9.35. The summed E-state index contributed by atoms with van der Waals surface area (Å²) in [7, 11) is 0. The van der Waals surface area contributed by atoms with Gasteiger partial charge in [-0.05, 0) is 6.92 Å². The van der Waals surface area contributed by atoms with Crippen LogP contribution in [0.3, 0.4) is 0 Å². The molecule has 1 atom stereocenters. The van der Waals surface area contributed by atoms with Gasteiger partial charge in [-0.25, -0.2) is 0 Å². The Kier molecular flexibility index (Phi) is 2.46. The maximum Gasteiger partial charge on any atom is 0.414 e. The van der Waals surface area contributed by atoms with Gasteiger partial charge in [0.2, 0.25) is 0 Å². The predicted molar refractivity (Wildman–Crippen MR) is 41.5 cm³/mol. The highest BCUT2D eigenvalue weighted by atomic mass is 35.5. The summed E-state index contributed by atoms with van der Waals surface area (Å²) in [5.74, 6) is 0. The minimum atomic E-state index is -4.29. The van der Waals surface area contributed by atoms with Crippen molar-refractivity contribution in [2.24, 2.45) is 4.99 Å². The minimum absolute atomic E-state index is 0.180. The lowest BCUT2D eigenvalue weighted by Gasteiger charge is -2.18. The maximum atomic E-state index is 12.0. The first-order valence-electron chi connectivity index (χ1n) is 3.36. The van der Waals surface area contributed by atoms with Gasteiger partial charge in [-0.2, -0.15) is 13.2 Å². The Morgan fingerprint density at radius 3 is 2.58 bits per heavy atom. The smallest absolute Gasteiger partial charge is 0.264 e. The fourth-order valence-electron chi connectivity index (χ4n) is 0.843. The molecule has 1 aliphatic heterocycles. The SMILES string of the molecule is CC1=NC=C(C(F)(F)F)CC1Cl. The normalized spacial score (nSPS) is 24.9. The topological polar surface area (TPSA) is 12.4 Å². The van der Waals surface area contributed by atoms with Crippen LogP contribution in [0.25, 0.3) is 0 Å². The van der Waals surface area contributed by atoms with E-state index in [-0.39, 0.29) is 6.42 Å². The average Bonchev–Trinajstić information content (AvgIpc) is 1.92. The van der Waals surface area contributed by atoms with E-state index >= 15 is 0 Å². The quantitative estimate of drug-likeness (QED) is 0.530. The van der Waals surface area contributed by atoms with Crippen LogP contribution < -0.4 is 0 Å². The molecule has 0 aromatic heterocycles. The van der Waals surface area contributed by atoms with Gasteiger partial charge in [-0.3, -0.25) is 4.99 Å². The zero-order valence-corrected chi connectivity index (χ0v) is 7.08. The summed E-state index contributed by atoms with van der Waals surface area (Å²) in [6.45, 7) is 1.61. The molecule has 1 unspecified atom stereocenters. The molecule has 0 fully saturated rings. The Morgan fingerprint density at radius 1 is 1.58 bits per heavy atom. The third-order valence-electron chi connectivity index (χ3n) is 1.64. The number of hydrogen-bond acceptors (Lipinski definition) is 1. The molecule has 0 spiro atoms. The van der Waals surface area contributed by atoms with E-state index in [1.54, 1.807) is 6.92 Å². The summed E-state index contributed by atoms with van der Waals surface area (Å²) in [5, 5.41) is -0.619. The molecule has 0 saturated heterocycles. The Balaban J connectivity index is 2.84. The molecule has 1 heterocycles. The van der Waals surface area contributed by atoms with Crippen LogP contribution in [0.1, 0.15) is 13.3 Å². The van der Waals surface area contributed by atoms with Gasteiger partial charge in [0.1, 0.15) is 0 Å². The highest BCUT2D eigenvalue weighted by molar-refractivity contribution is 6.32. The number of allylic oxidation sites excluding steroid dienone is 1. The summed E-state index contributed by atoms with van der Waals surface area (Å²) < 4.78 is 36.1. The highest BCUT2D eigenvalue weighted by Gasteiger charge is 2.36. The molecule has 0 radical (unpaired) electrons. The number of nitrogens with zero attached hydrogens (tertiary/aromatic N) is 1. The van der Waals surface area contributed by atoms with E-state index in [0.29, 0.717) is 5.71 Å². The molecule has 68 valence electrons. The summed E-state index contributed by atoms with van der Waals surface area (Å²) in [6, 6.07) is 0. The molecule has 12 heavy (non-hydrogen) atoms. The van der Waals surface area contributed by atoms with E-state index in [1.165, 1.54) is 0 Å². The summed E-state index contributed by atoms with van der Waals surface area (Å²) in [6.07, 6.45) is -3.63. The summed E-state index contributed by atoms with van der Waals surface area (Å²) >= 11 is 5.60. The fraction of sp³-hybridized carbons (Fsp3) is 0.571. The molecule has 1 nitrogen and oxygen atoms in total. The Labute approximate surface area is 72.9 Å². The second-order valence-corrected chi connectivity index (χ2v) is 3.12. The average molecular weight is 198 g/mol. The predicted octanol–water partition coefficient (Wildman–Crippen LogP) is 2.90. The Hall–Kier alpha value is -0.510. The van der Waals surface area contributed by atoms with Gasteiger partial charge >= 0.3 is 6.18 Å². The maximum absolute atomic E-state index is 12.0. The highest BCUT2D eigenvalue weighted by Crippen LogP contribution is 2.32. The van der Waals surface area contributed by atoms with Crippen molar-refractivity contribution in [1.29, 1.82) is 0 Å². The molecule has 0 N–H and O–H groups in total. The van der Waals surface area contributed by atoms with E-state index in [0.717, 1.165) is 6.20 Å². The standard InChI is InChI=1S/C7H7ClF3N/c1-4-6(8)2-5(3-12-4)7(9,10)11/h3,6H,2H2,1H3. The minimum Gasteiger partial charge on any atom is -0.264 e. The molecule has 0 aliphatic carbocycles. The van der Waals surface area contributed by atoms with Crippen molar-refractivity contribution in [3.8, 4) is 0 Å². The van der Waals surface area contributed by atoms with Gasteiger partial charge in [-0.15, -0.1) is 11.6 Å². The molecule has 0 aromatic rings. The Morgan fingerprint density at radius 2 is 2.17 bits per heavy atom. The van der Waals surface area contributed by atoms with Crippen LogP contribution in [0.5, 0.6) is 0 Å². The number of halogens is 4. The third kappa shape index (κ3) is 2.00. The summed E-state index contributed by atoms with van der Waals surface area (Å²) in [4.78, 5) is 3.56. The second-order valence-electron chi connectivity index (χ2n) is 2.59. The molecular formula is C7H7ClF3N. The van der Waals surface area contributed by atoms with Crippen molar-refractivity contribution in [1.82, 2.24) is 0 Å². The first kappa shape index (κ1) is 9.58. The largest absolute Gasteiger partial charge is 0.414 e. The zero-order valence-electron chi connectivity index (χ0n) is 6.32. The van der Waals surface area contributed by atoms with Crippen molar-refractivity contribution in [3.05, 3.63) is 11.8 Å². The number of alkyl halides is 4. The van der Waals surface area contributed by atoms with Crippen LogP contribution >= 0.6 is 11.6 Å². The Bertz CT molecular complexity index is 242. The molecule has 0 saturated carbocycles. The lowest BCUT2D eigenvalue weighted by molar-refractivity contribution is -0.0940. The monoisotopic (exact) mass is 197 g/mol. The number of hydrogen-bond donors (Lipinski definition) is 0. The second kappa shape index (κ2) is 3.09. The van der Waals surface area contributed by atoms with Crippen LogP contribution in [0, 0.1) is 0 Å². The van der Waals surface area contributed by atoms with Crippen LogP contribution in [-0.4, -0.2) is 17.3 Å². The van der Waals surface area contributed by atoms with Crippen molar-refractivity contribution < 1.29 is 13.2 Å².